The molecule has 0 spiro atoms. The summed E-state index contributed by atoms with van der Waals surface area (Å²) in [6, 6.07) is 10.5. The molecule has 6 nitrogen and oxygen atoms in total. The molecule has 6 heteroatoms. The maximum atomic E-state index is 12.6. The van der Waals surface area contributed by atoms with Gasteiger partial charge in [-0.1, -0.05) is 30.3 Å². The molecule has 3 rings (SSSR count). The standard InChI is InChI=1S/C19H30N4O2/c24-15-14-20-6-8-22(9-7-20)17-19(25)23-12-10-21(11-13-23)16-18-4-2-1-3-5-18/h1-5,24H,6-17H2. The van der Waals surface area contributed by atoms with Gasteiger partial charge in [-0.2, -0.15) is 0 Å². The van der Waals surface area contributed by atoms with E-state index in [2.05, 4.69) is 39.0 Å². The van der Waals surface area contributed by atoms with Gasteiger partial charge in [0.05, 0.1) is 13.2 Å². The van der Waals surface area contributed by atoms with E-state index in [9.17, 15) is 4.79 Å². The molecule has 0 saturated carbocycles. The molecule has 0 bridgehead atoms. The van der Waals surface area contributed by atoms with Gasteiger partial charge in [0.25, 0.3) is 0 Å². The molecule has 2 heterocycles. The Bertz CT molecular complexity index is 523. The van der Waals surface area contributed by atoms with E-state index in [1.807, 2.05) is 11.0 Å². The number of nitrogens with zero attached hydrogens (tertiary/aromatic N) is 4. The number of benzene rings is 1. The van der Waals surface area contributed by atoms with Crippen LogP contribution in [0.4, 0.5) is 0 Å². The number of amides is 1. The number of carbonyl (C=O) groups is 1. The summed E-state index contributed by atoms with van der Waals surface area (Å²) in [5.74, 6) is 0.259. The normalized spacial score (nSPS) is 20.8. The zero-order valence-corrected chi connectivity index (χ0v) is 15.0. The van der Waals surface area contributed by atoms with E-state index in [1.54, 1.807) is 0 Å². The number of aliphatic hydroxyl groups excluding tert-OH is 1. The second kappa shape index (κ2) is 9.29. The minimum atomic E-state index is 0.214. The molecule has 138 valence electrons. The lowest BCUT2D eigenvalue weighted by Crippen LogP contribution is -2.53. The Labute approximate surface area is 150 Å². The lowest BCUT2D eigenvalue weighted by atomic mass is 10.2. The highest BCUT2D eigenvalue weighted by molar-refractivity contribution is 5.78. The van der Waals surface area contributed by atoms with Crippen LogP contribution < -0.4 is 0 Å². The van der Waals surface area contributed by atoms with Crippen molar-refractivity contribution in [3.63, 3.8) is 0 Å². The summed E-state index contributed by atoms with van der Waals surface area (Å²) >= 11 is 0. The van der Waals surface area contributed by atoms with Crippen molar-refractivity contribution in [1.82, 2.24) is 19.6 Å². The molecular formula is C19H30N4O2. The first-order valence-electron chi connectivity index (χ1n) is 9.34. The number of piperazine rings is 2. The minimum Gasteiger partial charge on any atom is -0.395 e. The van der Waals surface area contributed by atoms with Gasteiger partial charge < -0.3 is 10.0 Å². The van der Waals surface area contributed by atoms with Crippen LogP contribution in [0.15, 0.2) is 30.3 Å². The summed E-state index contributed by atoms with van der Waals surface area (Å²) in [5.41, 5.74) is 1.34. The number of hydrogen-bond acceptors (Lipinski definition) is 5. The van der Waals surface area contributed by atoms with Crippen LogP contribution in [0, 0.1) is 0 Å². The monoisotopic (exact) mass is 346 g/mol. The fourth-order valence-electron chi connectivity index (χ4n) is 3.60. The number of β-amino-alcohol motifs (C(OH)–C–C–N with tert-alkyl or cyclic N) is 1. The Morgan fingerprint density at radius 3 is 2.08 bits per heavy atom. The first-order chi connectivity index (χ1) is 12.2. The number of aliphatic hydroxyl groups is 1. The quantitative estimate of drug-likeness (QED) is 0.782. The maximum absolute atomic E-state index is 12.6. The Balaban J connectivity index is 1.37. The predicted octanol–water partition coefficient (Wildman–Crippen LogP) is -0.0593. The summed E-state index contributed by atoms with van der Waals surface area (Å²) in [6.07, 6.45) is 0. The fourth-order valence-corrected chi connectivity index (χ4v) is 3.60. The Hall–Kier alpha value is -1.47. The smallest absolute Gasteiger partial charge is 0.236 e. The molecule has 1 N–H and O–H groups in total. The molecule has 0 radical (unpaired) electrons. The van der Waals surface area contributed by atoms with Crippen molar-refractivity contribution >= 4 is 5.91 Å². The van der Waals surface area contributed by atoms with Gasteiger partial charge in [0.1, 0.15) is 0 Å². The maximum Gasteiger partial charge on any atom is 0.236 e. The van der Waals surface area contributed by atoms with Crippen LogP contribution in [0.3, 0.4) is 0 Å². The second-order valence-electron chi connectivity index (χ2n) is 6.98. The molecule has 2 fully saturated rings. The zero-order valence-electron chi connectivity index (χ0n) is 15.0. The third kappa shape index (κ3) is 5.51. The van der Waals surface area contributed by atoms with E-state index < -0.39 is 0 Å². The van der Waals surface area contributed by atoms with Crippen molar-refractivity contribution in [2.75, 3.05) is 72.1 Å². The van der Waals surface area contributed by atoms with E-state index in [0.29, 0.717) is 6.54 Å². The molecule has 2 aliphatic rings. The van der Waals surface area contributed by atoms with Gasteiger partial charge in [-0.3, -0.25) is 19.5 Å². The third-order valence-corrected chi connectivity index (χ3v) is 5.21. The summed E-state index contributed by atoms with van der Waals surface area (Å²) in [4.78, 5) is 21.5. The van der Waals surface area contributed by atoms with Gasteiger partial charge in [-0.05, 0) is 5.56 Å². The van der Waals surface area contributed by atoms with Gasteiger partial charge in [-0.25, -0.2) is 0 Å². The fraction of sp³-hybridized carbons (Fsp3) is 0.632. The largest absolute Gasteiger partial charge is 0.395 e. The molecule has 0 aromatic heterocycles. The Morgan fingerprint density at radius 1 is 0.840 bits per heavy atom. The van der Waals surface area contributed by atoms with Crippen molar-refractivity contribution in [1.29, 1.82) is 0 Å². The van der Waals surface area contributed by atoms with Crippen molar-refractivity contribution in [3.05, 3.63) is 35.9 Å². The molecule has 0 aliphatic carbocycles. The second-order valence-corrected chi connectivity index (χ2v) is 6.98. The lowest BCUT2D eigenvalue weighted by Gasteiger charge is -2.38. The van der Waals surface area contributed by atoms with E-state index in [-0.39, 0.29) is 12.5 Å². The SMILES string of the molecule is O=C(CN1CCN(CCO)CC1)N1CCN(Cc2ccccc2)CC1. The molecule has 0 atom stereocenters. The summed E-state index contributed by atoms with van der Waals surface area (Å²) in [6.45, 7) is 9.73. The summed E-state index contributed by atoms with van der Waals surface area (Å²) < 4.78 is 0. The van der Waals surface area contributed by atoms with Crippen LogP contribution in [-0.2, 0) is 11.3 Å². The minimum absolute atomic E-state index is 0.214. The molecule has 1 amide bonds. The van der Waals surface area contributed by atoms with Gasteiger partial charge in [0, 0.05) is 65.4 Å². The number of rotatable bonds is 6. The van der Waals surface area contributed by atoms with Crippen LogP contribution in [0.25, 0.3) is 0 Å². The van der Waals surface area contributed by atoms with Crippen LogP contribution in [0.1, 0.15) is 5.56 Å². The molecule has 2 aliphatic heterocycles. The molecule has 1 aromatic rings. The Morgan fingerprint density at radius 2 is 1.44 bits per heavy atom. The zero-order chi connectivity index (χ0) is 17.5. The first-order valence-corrected chi connectivity index (χ1v) is 9.34. The van der Waals surface area contributed by atoms with Crippen LogP contribution >= 0.6 is 0 Å². The van der Waals surface area contributed by atoms with Crippen molar-refractivity contribution in [2.24, 2.45) is 0 Å². The Kier molecular flexibility index (Phi) is 6.81. The summed E-state index contributed by atoms with van der Waals surface area (Å²) in [5, 5.41) is 8.99. The van der Waals surface area contributed by atoms with Crippen LogP contribution in [0.5, 0.6) is 0 Å². The number of hydrogen-bond donors (Lipinski definition) is 1. The molecule has 25 heavy (non-hydrogen) atoms. The van der Waals surface area contributed by atoms with E-state index in [4.69, 9.17) is 5.11 Å². The van der Waals surface area contributed by atoms with Gasteiger partial charge in [0.15, 0.2) is 0 Å². The highest BCUT2D eigenvalue weighted by atomic mass is 16.3. The van der Waals surface area contributed by atoms with Crippen molar-refractivity contribution < 1.29 is 9.90 Å². The molecule has 0 unspecified atom stereocenters. The highest BCUT2D eigenvalue weighted by Gasteiger charge is 2.24. The highest BCUT2D eigenvalue weighted by Crippen LogP contribution is 2.09. The molecule has 2 saturated heterocycles. The van der Waals surface area contributed by atoms with Crippen LogP contribution in [-0.4, -0.2) is 103 Å². The van der Waals surface area contributed by atoms with Crippen LogP contribution in [0.2, 0.25) is 0 Å². The topological polar surface area (TPSA) is 50.3 Å². The third-order valence-electron chi connectivity index (χ3n) is 5.21. The van der Waals surface area contributed by atoms with Crippen molar-refractivity contribution in [3.8, 4) is 0 Å². The van der Waals surface area contributed by atoms with E-state index >= 15 is 0 Å². The van der Waals surface area contributed by atoms with E-state index in [0.717, 1.165) is 65.4 Å². The van der Waals surface area contributed by atoms with E-state index in [1.165, 1.54) is 5.56 Å². The predicted molar refractivity (Wildman–Crippen MR) is 98.3 cm³/mol. The average molecular weight is 346 g/mol. The van der Waals surface area contributed by atoms with Gasteiger partial charge in [-0.15, -0.1) is 0 Å². The molecule has 1 aromatic carbocycles. The first kappa shape index (κ1) is 18.3. The lowest BCUT2D eigenvalue weighted by molar-refractivity contribution is -0.134. The number of carbonyl (C=O) groups excluding carboxylic acids is 1. The molecular weight excluding hydrogens is 316 g/mol. The average Bonchev–Trinajstić information content (AvgIpc) is 2.65. The summed E-state index contributed by atoms with van der Waals surface area (Å²) in [7, 11) is 0. The van der Waals surface area contributed by atoms with Crippen molar-refractivity contribution in [2.45, 2.75) is 6.54 Å². The van der Waals surface area contributed by atoms with Gasteiger partial charge >= 0.3 is 0 Å². The van der Waals surface area contributed by atoms with Gasteiger partial charge in [0.2, 0.25) is 5.91 Å².